The van der Waals surface area contributed by atoms with Crippen LogP contribution in [0.25, 0.3) is 0 Å². The molecule has 0 fully saturated rings. The number of aromatic nitrogens is 2. The minimum Gasteiger partial charge on any atom is -0.352 e. The molecular weight excluding hydrogens is 168 g/mol. The minimum absolute atomic E-state index is 0.181. The van der Waals surface area contributed by atoms with Gasteiger partial charge >= 0.3 is 6.03 Å². The lowest BCUT2D eigenvalue weighted by Gasteiger charge is -2.10. The van der Waals surface area contributed by atoms with E-state index in [1.807, 2.05) is 6.92 Å². The summed E-state index contributed by atoms with van der Waals surface area (Å²) in [5.41, 5.74) is 5.73. The monoisotopic (exact) mass is 180 g/mol. The lowest BCUT2D eigenvalue weighted by molar-refractivity contribution is 0.246. The molecule has 1 heterocycles. The number of hydrogen-bond acceptors (Lipinski definition) is 3. The Morgan fingerprint density at radius 2 is 2.38 bits per heavy atom. The zero-order chi connectivity index (χ0) is 9.84. The molecule has 0 bridgehead atoms. The van der Waals surface area contributed by atoms with Gasteiger partial charge in [0.1, 0.15) is 5.82 Å². The van der Waals surface area contributed by atoms with Crippen molar-refractivity contribution in [3.05, 3.63) is 23.8 Å². The van der Waals surface area contributed by atoms with Crippen LogP contribution in [0.2, 0.25) is 0 Å². The molecule has 3 N–H and O–H groups in total. The van der Waals surface area contributed by atoms with Gasteiger partial charge in [-0.1, -0.05) is 0 Å². The van der Waals surface area contributed by atoms with Crippen LogP contribution in [0.5, 0.6) is 0 Å². The molecule has 0 aliphatic rings. The molecule has 13 heavy (non-hydrogen) atoms. The summed E-state index contributed by atoms with van der Waals surface area (Å²) in [6.07, 6.45) is 1.65. The first-order chi connectivity index (χ1) is 6.09. The lowest BCUT2D eigenvalue weighted by atomic mass is 10.2. The molecule has 5 nitrogen and oxygen atoms in total. The molecule has 0 saturated heterocycles. The van der Waals surface area contributed by atoms with Crippen LogP contribution in [-0.2, 0) is 0 Å². The molecular formula is C8H12N4O. The molecule has 0 saturated carbocycles. The molecule has 1 aromatic rings. The van der Waals surface area contributed by atoms with Crippen molar-refractivity contribution in [1.82, 2.24) is 15.3 Å². The van der Waals surface area contributed by atoms with E-state index in [9.17, 15) is 4.79 Å². The zero-order valence-corrected chi connectivity index (χ0v) is 7.61. The van der Waals surface area contributed by atoms with Crippen LogP contribution in [0.15, 0.2) is 12.3 Å². The van der Waals surface area contributed by atoms with E-state index in [1.165, 1.54) is 0 Å². The van der Waals surface area contributed by atoms with E-state index in [0.29, 0.717) is 5.82 Å². The zero-order valence-electron chi connectivity index (χ0n) is 7.61. The third kappa shape index (κ3) is 2.70. The quantitative estimate of drug-likeness (QED) is 0.696. The van der Waals surface area contributed by atoms with E-state index in [4.69, 9.17) is 5.73 Å². The number of carbonyl (C=O) groups is 1. The van der Waals surface area contributed by atoms with E-state index in [1.54, 1.807) is 19.2 Å². The van der Waals surface area contributed by atoms with E-state index in [0.717, 1.165) is 5.69 Å². The van der Waals surface area contributed by atoms with Gasteiger partial charge in [-0.2, -0.15) is 0 Å². The number of rotatable bonds is 2. The Labute approximate surface area is 76.4 Å². The smallest absolute Gasteiger partial charge is 0.312 e. The third-order valence-corrected chi connectivity index (χ3v) is 1.60. The predicted octanol–water partition coefficient (Wildman–Crippen LogP) is 0.514. The molecule has 0 aliphatic heterocycles. The maximum absolute atomic E-state index is 10.5. The molecule has 5 heteroatoms. The van der Waals surface area contributed by atoms with Gasteiger partial charge in [0.05, 0.1) is 11.7 Å². The van der Waals surface area contributed by atoms with Crippen molar-refractivity contribution in [2.24, 2.45) is 5.73 Å². The van der Waals surface area contributed by atoms with Gasteiger partial charge in [0.2, 0.25) is 0 Å². The summed E-state index contributed by atoms with van der Waals surface area (Å²) in [6.45, 7) is 3.60. The molecule has 1 aromatic heterocycles. The van der Waals surface area contributed by atoms with Gasteiger partial charge in [0.25, 0.3) is 0 Å². The Bertz CT molecular complexity index is 313. The van der Waals surface area contributed by atoms with Crippen LogP contribution in [0.4, 0.5) is 4.79 Å². The van der Waals surface area contributed by atoms with Crippen molar-refractivity contribution < 1.29 is 4.79 Å². The molecule has 0 aromatic carbocycles. The fraction of sp³-hybridized carbons (Fsp3) is 0.375. The summed E-state index contributed by atoms with van der Waals surface area (Å²) < 4.78 is 0. The maximum atomic E-state index is 10.5. The molecule has 0 radical (unpaired) electrons. The summed E-state index contributed by atoms with van der Waals surface area (Å²) in [5, 5.41) is 2.53. The Morgan fingerprint density at radius 1 is 1.69 bits per heavy atom. The fourth-order valence-electron chi connectivity index (χ4n) is 1.00. The van der Waals surface area contributed by atoms with Gasteiger partial charge < -0.3 is 11.1 Å². The number of nitrogens with one attached hydrogen (secondary N) is 1. The summed E-state index contributed by atoms with van der Waals surface area (Å²) >= 11 is 0. The lowest BCUT2D eigenvalue weighted by Crippen LogP contribution is -2.32. The van der Waals surface area contributed by atoms with Crippen LogP contribution < -0.4 is 11.1 Å². The molecule has 0 spiro atoms. The summed E-state index contributed by atoms with van der Waals surface area (Å²) in [7, 11) is 0. The van der Waals surface area contributed by atoms with Gasteiger partial charge in [0, 0.05) is 6.20 Å². The highest BCUT2D eigenvalue weighted by Crippen LogP contribution is 2.07. The average Bonchev–Trinajstić information content (AvgIpc) is 2.03. The molecule has 0 aliphatic carbocycles. The number of nitrogens with two attached hydrogens (primary N) is 1. The predicted molar refractivity (Wildman–Crippen MR) is 47.9 cm³/mol. The topological polar surface area (TPSA) is 80.9 Å². The largest absolute Gasteiger partial charge is 0.352 e. The number of carbonyl (C=O) groups excluding carboxylic acids is 1. The van der Waals surface area contributed by atoms with Gasteiger partial charge in [-0.25, -0.2) is 14.8 Å². The first-order valence-electron chi connectivity index (χ1n) is 3.95. The molecule has 2 amide bonds. The average molecular weight is 180 g/mol. The number of primary amides is 1. The highest BCUT2D eigenvalue weighted by molar-refractivity contribution is 5.72. The van der Waals surface area contributed by atoms with Crippen LogP contribution in [0.3, 0.4) is 0 Å². The van der Waals surface area contributed by atoms with Gasteiger partial charge in [0.15, 0.2) is 0 Å². The highest BCUT2D eigenvalue weighted by atomic mass is 16.2. The van der Waals surface area contributed by atoms with Crippen molar-refractivity contribution in [2.75, 3.05) is 0 Å². The Balaban J connectivity index is 2.76. The van der Waals surface area contributed by atoms with Crippen molar-refractivity contribution in [1.29, 1.82) is 0 Å². The Morgan fingerprint density at radius 3 is 2.92 bits per heavy atom. The summed E-state index contributed by atoms with van der Waals surface area (Å²) in [4.78, 5) is 18.6. The molecule has 1 unspecified atom stereocenters. The normalized spacial score (nSPS) is 12.2. The molecule has 1 rings (SSSR count). The van der Waals surface area contributed by atoms with Crippen LogP contribution in [0, 0.1) is 6.92 Å². The van der Waals surface area contributed by atoms with Crippen molar-refractivity contribution in [3.8, 4) is 0 Å². The van der Waals surface area contributed by atoms with E-state index in [2.05, 4.69) is 15.3 Å². The highest BCUT2D eigenvalue weighted by Gasteiger charge is 2.07. The summed E-state index contributed by atoms with van der Waals surface area (Å²) in [6, 6.07) is 1.01. The fourth-order valence-corrected chi connectivity index (χ4v) is 1.00. The van der Waals surface area contributed by atoms with Crippen LogP contribution in [0.1, 0.15) is 24.5 Å². The van der Waals surface area contributed by atoms with Gasteiger partial charge in [-0.3, -0.25) is 0 Å². The van der Waals surface area contributed by atoms with E-state index in [-0.39, 0.29) is 6.04 Å². The van der Waals surface area contributed by atoms with Crippen molar-refractivity contribution >= 4 is 6.03 Å². The van der Waals surface area contributed by atoms with E-state index >= 15 is 0 Å². The summed E-state index contributed by atoms with van der Waals surface area (Å²) in [5.74, 6) is 0.677. The number of urea groups is 1. The number of amides is 2. The van der Waals surface area contributed by atoms with Crippen molar-refractivity contribution in [3.63, 3.8) is 0 Å². The van der Waals surface area contributed by atoms with Crippen LogP contribution in [-0.4, -0.2) is 16.0 Å². The maximum Gasteiger partial charge on any atom is 0.312 e. The first-order valence-corrected chi connectivity index (χ1v) is 3.95. The number of nitrogens with zero attached hydrogens (tertiary/aromatic N) is 2. The SMILES string of the molecule is Cc1nccc(C(C)NC(N)=O)n1. The Kier molecular flexibility index (Phi) is 2.79. The number of aryl methyl sites for hydroxylation is 1. The standard InChI is InChI=1S/C8H12N4O/c1-5(11-8(9)13)7-3-4-10-6(2)12-7/h3-5H,1-2H3,(H3,9,11,13). The van der Waals surface area contributed by atoms with Crippen molar-refractivity contribution in [2.45, 2.75) is 19.9 Å². The second kappa shape index (κ2) is 3.84. The van der Waals surface area contributed by atoms with Gasteiger partial charge in [-0.05, 0) is 19.9 Å². The first kappa shape index (κ1) is 9.44. The molecule has 70 valence electrons. The second-order valence-corrected chi connectivity index (χ2v) is 2.76. The van der Waals surface area contributed by atoms with Crippen LogP contribution >= 0.6 is 0 Å². The van der Waals surface area contributed by atoms with Gasteiger partial charge in [-0.15, -0.1) is 0 Å². The minimum atomic E-state index is -0.552. The molecule has 1 atom stereocenters. The van der Waals surface area contributed by atoms with E-state index < -0.39 is 6.03 Å². The second-order valence-electron chi connectivity index (χ2n) is 2.76. The third-order valence-electron chi connectivity index (χ3n) is 1.60. The Hall–Kier alpha value is -1.65. The number of hydrogen-bond donors (Lipinski definition) is 2.